The predicted molar refractivity (Wildman–Crippen MR) is 89.6 cm³/mol. The first-order chi connectivity index (χ1) is 11.6. The van der Waals surface area contributed by atoms with Crippen LogP contribution in [0, 0.1) is 0 Å². The van der Waals surface area contributed by atoms with E-state index in [9.17, 15) is 9.59 Å². The lowest BCUT2D eigenvalue weighted by molar-refractivity contribution is -0.136. The van der Waals surface area contributed by atoms with Crippen molar-refractivity contribution in [1.29, 1.82) is 0 Å². The van der Waals surface area contributed by atoms with Crippen molar-refractivity contribution in [1.82, 2.24) is 14.5 Å². The first-order valence-electron chi connectivity index (χ1n) is 8.23. The van der Waals surface area contributed by atoms with Gasteiger partial charge in [0.2, 0.25) is 11.8 Å². The molecule has 6 nitrogen and oxygen atoms in total. The molecule has 2 amide bonds. The summed E-state index contributed by atoms with van der Waals surface area (Å²) in [7, 11) is 1.84. The molecule has 1 aromatic heterocycles. The number of anilines is 1. The van der Waals surface area contributed by atoms with E-state index in [0.29, 0.717) is 32.5 Å². The topological polar surface area (TPSA) is 58.4 Å². The highest BCUT2D eigenvalue weighted by atomic mass is 16.2. The summed E-state index contributed by atoms with van der Waals surface area (Å²) in [5, 5.41) is 0. The first-order valence-corrected chi connectivity index (χ1v) is 8.23. The lowest BCUT2D eigenvalue weighted by Gasteiger charge is -2.38. The van der Waals surface area contributed by atoms with Crippen molar-refractivity contribution in [2.24, 2.45) is 0 Å². The Morgan fingerprint density at radius 3 is 2.71 bits per heavy atom. The molecular formula is C18H20N4O2. The number of rotatable bonds is 2. The SMILES string of the molecule is CN1C(=O)C2(CCN(C(=O)Cn3ccnc3)CC2)c2ccccc21. The minimum Gasteiger partial charge on any atom is -0.341 e. The molecule has 2 aliphatic rings. The van der Waals surface area contributed by atoms with Gasteiger partial charge in [0.1, 0.15) is 6.54 Å². The Morgan fingerprint density at radius 2 is 2.00 bits per heavy atom. The molecule has 24 heavy (non-hydrogen) atoms. The summed E-state index contributed by atoms with van der Waals surface area (Å²) in [6, 6.07) is 8.01. The van der Waals surface area contributed by atoms with Crippen LogP contribution in [0.2, 0.25) is 0 Å². The highest BCUT2D eigenvalue weighted by molar-refractivity contribution is 6.07. The molecule has 1 fully saturated rings. The Bertz CT molecular complexity index is 776. The summed E-state index contributed by atoms with van der Waals surface area (Å²) in [4.78, 5) is 32.9. The van der Waals surface area contributed by atoms with Crippen molar-refractivity contribution >= 4 is 17.5 Å². The van der Waals surface area contributed by atoms with Crippen LogP contribution in [-0.4, -0.2) is 46.4 Å². The second kappa shape index (κ2) is 5.47. The van der Waals surface area contributed by atoms with Crippen molar-refractivity contribution in [2.75, 3.05) is 25.0 Å². The molecule has 0 bridgehead atoms. The zero-order valence-corrected chi connectivity index (χ0v) is 13.7. The Kier molecular flexibility index (Phi) is 3.40. The van der Waals surface area contributed by atoms with Gasteiger partial charge in [-0.05, 0) is 24.5 Å². The second-order valence-electron chi connectivity index (χ2n) is 6.58. The number of hydrogen-bond donors (Lipinski definition) is 0. The average molecular weight is 324 g/mol. The highest BCUT2D eigenvalue weighted by Crippen LogP contribution is 2.47. The Hall–Kier alpha value is -2.63. The minimum absolute atomic E-state index is 0.0786. The second-order valence-corrected chi connectivity index (χ2v) is 6.58. The molecule has 2 aliphatic heterocycles. The van der Waals surface area contributed by atoms with Crippen molar-refractivity contribution in [3.05, 3.63) is 48.5 Å². The monoisotopic (exact) mass is 324 g/mol. The molecule has 0 atom stereocenters. The number of piperidine rings is 1. The van der Waals surface area contributed by atoms with Crippen LogP contribution >= 0.6 is 0 Å². The van der Waals surface area contributed by atoms with Gasteiger partial charge in [0.05, 0.1) is 11.7 Å². The van der Waals surface area contributed by atoms with E-state index >= 15 is 0 Å². The summed E-state index contributed by atoms with van der Waals surface area (Å²) < 4.78 is 1.77. The Morgan fingerprint density at radius 1 is 1.25 bits per heavy atom. The van der Waals surface area contributed by atoms with Crippen LogP contribution in [0.4, 0.5) is 5.69 Å². The molecule has 0 radical (unpaired) electrons. The smallest absolute Gasteiger partial charge is 0.242 e. The zero-order valence-electron chi connectivity index (χ0n) is 13.7. The number of amides is 2. The van der Waals surface area contributed by atoms with Gasteiger partial charge in [0.15, 0.2) is 0 Å². The molecule has 124 valence electrons. The van der Waals surface area contributed by atoms with Gasteiger partial charge in [-0.25, -0.2) is 4.98 Å². The van der Waals surface area contributed by atoms with Gasteiger partial charge in [0.25, 0.3) is 0 Å². The van der Waals surface area contributed by atoms with Crippen LogP contribution in [0.1, 0.15) is 18.4 Å². The van der Waals surface area contributed by atoms with Crippen LogP contribution < -0.4 is 4.90 Å². The minimum atomic E-state index is -0.461. The number of imidazole rings is 1. The Labute approximate surface area is 140 Å². The molecule has 1 spiro atoms. The quantitative estimate of drug-likeness (QED) is 0.839. The molecule has 6 heteroatoms. The van der Waals surface area contributed by atoms with Gasteiger partial charge >= 0.3 is 0 Å². The predicted octanol–water partition coefficient (Wildman–Crippen LogP) is 1.42. The van der Waals surface area contributed by atoms with E-state index in [1.165, 1.54) is 0 Å². The Balaban J connectivity index is 1.52. The summed E-state index contributed by atoms with van der Waals surface area (Å²) in [6.45, 7) is 1.53. The van der Waals surface area contributed by atoms with Gasteiger partial charge in [-0.15, -0.1) is 0 Å². The van der Waals surface area contributed by atoms with Crippen molar-refractivity contribution in [3.8, 4) is 0 Å². The third-order valence-corrected chi connectivity index (χ3v) is 5.34. The number of fused-ring (bicyclic) bond motifs is 2. The fourth-order valence-corrected chi connectivity index (χ4v) is 3.97. The number of hydrogen-bond acceptors (Lipinski definition) is 3. The molecule has 2 aromatic rings. The number of benzene rings is 1. The molecule has 1 saturated heterocycles. The van der Waals surface area contributed by atoms with E-state index in [4.69, 9.17) is 0 Å². The lowest BCUT2D eigenvalue weighted by atomic mass is 9.73. The molecule has 3 heterocycles. The highest BCUT2D eigenvalue weighted by Gasteiger charge is 2.51. The van der Waals surface area contributed by atoms with Gasteiger partial charge in [-0.3, -0.25) is 9.59 Å². The number of nitrogens with zero attached hydrogens (tertiary/aromatic N) is 4. The van der Waals surface area contributed by atoms with Gasteiger partial charge in [-0.2, -0.15) is 0 Å². The largest absolute Gasteiger partial charge is 0.341 e. The zero-order chi connectivity index (χ0) is 16.7. The maximum absolute atomic E-state index is 12.9. The maximum atomic E-state index is 12.9. The fraction of sp³-hybridized carbons (Fsp3) is 0.389. The van der Waals surface area contributed by atoms with Gasteiger partial charge in [-0.1, -0.05) is 18.2 Å². The van der Waals surface area contributed by atoms with E-state index in [2.05, 4.69) is 11.1 Å². The number of likely N-dealkylation sites (tertiary alicyclic amines) is 1. The lowest BCUT2D eigenvalue weighted by Crippen LogP contribution is -2.50. The third kappa shape index (κ3) is 2.13. The maximum Gasteiger partial charge on any atom is 0.242 e. The van der Waals surface area contributed by atoms with Crippen LogP contribution in [0.5, 0.6) is 0 Å². The molecular weight excluding hydrogens is 304 g/mol. The third-order valence-electron chi connectivity index (χ3n) is 5.34. The van der Waals surface area contributed by atoms with Gasteiger partial charge in [0, 0.05) is 38.2 Å². The average Bonchev–Trinajstić information content (AvgIpc) is 3.19. The standard InChI is InChI=1S/C18H20N4O2/c1-20-15-5-3-2-4-14(15)18(17(20)24)6-9-22(10-7-18)16(23)12-21-11-8-19-13-21/h2-5,8,11,13H,6-7,9-10,12H2,1H3. The summed E-state index contributed by atoms with van der Waals surface area (Å²) in [5.74, 6) is 0.236. The van der Waals surface area contributed by atoms with Crippen LogP contribution in [0.15, 0.2) is 43.0 Å². The molecule has 0 saturated carbocycles. The van der Waals surface area contributed by atoms with E-state index in [1.54, 1.807) is 28.2 Å². The number of para-hydroxylation sites is 1. The van der Waals surface area contributed by atoms with Crippen molar-refractivity contribution in [2.45, 2.75) is 24.8 Å². The van der Waals surface area contributed by atoms with Crippen molar-refractivity contribution in [3.63, 3.8) is 0 Å². The van der Waals surface area contributed by atoms with Crippen LogP contribution in [0.25, 0.3) is 0 Å². The number of carbonyl (C=O) groups excluding carboxylic acids is 2. The molecule has 0 aliphatic carbocycles. The van der Waals surface area contributed by atoms with Crippen molar-refractivity contribution < 1.29 is 9.59 Å². The molecule has 0 unspecified atom stereocenters. The summed E-state index contributed by atoms with van der Waals surface area (Å²) in [5.41, 5.74) is 1.65. The first kappa shape index (κ1) is 14.9. The molecule has 0 N–H and O–H groups in total. The van der Waals surface area contributed by atoms with E-state index < -0.39 is 5.41 Å². The van der Waals surface area contributed by atoms with Gasteiger partial charge < -0.3 is 14.4 Å². The molecule has 1 aromatic carbocycles. The summed E-state index contributed by atoms with van der Waals surface area (Å²) >= 11 is 0. The van der Waals surface area contributed by atoms with E-state index in [1.807, 2.05) is 30.1 Å². The van der Waals surface area contributed by atoms with Crippen LogP contribution in [-0.2, 0) is 21.5 Å². The number of aromatic nitrogens is 2. The number of likely N-dealkylation sites (N-methyl/N-ethyl adjacent to an activating group) is 1. The normalized spacial score (nSPS) is 19.0. The van der Waals surface area contributed by atoms with E-state index in [-0.39, 0.29) is 11.8 Å². The summed E-state index contributed by atoms with van der Waals surface area (Å²) in [6.07, 6.45) is 6.47. The number of carbonyl (C=O) groups is 2. The van der Waals surface area contributed by atoms with Crippen LogP contribution in [0.3, 0.4) is 0 Å². The fourth-order valence-electron chi connectivity index (χ4n) is 3.97. The molecule has 4 rings (SSSR count). The van der Waals surface area contributed by atoms with E-state index in [0.717, 1.165) is 11.3 Å².